The van der Waals surface area contributed by atoms with Crippen molar-refractivity contribution < 1.29 is 9.47 Å². The van der Waals surface area contributed by atoms with Crippen LogP contribution in [0.4, 0.5) is 0 Å². The third-order valence-electron chi connectivity index (χ3n) is 4.17. The van der Waals surface area contributed by atoms with E-state index in [1.54, 1.807) is 24.9 Å². The van der Waals surface area contributed by atoms with Gasteiger partial charge in [-0.2, -0.15) is 5.10 Å². The minimum atomic E-state index is 0.474. The molecule has 0 N–H and O–H groups in total. The van der Waals surface area contributed by atoms with Crippen LogP contribution < -0.4 is 9.47 Å². The highest BCUT2D eigenvalue weighted by molar-refractivity contribution is 5.63. The van der Waals surface area contributed by atoms with Gasteiger partial charge in [-0.1, -0.05) is 30.3 Å². The van der Waals surface area contributed by atoms with Crippen LogP contribution >= 0.6 is 0 Å². The van der Waals surface area contributed by atoms with Crippen LogP contribution in [-0.2, 0) is 6.42 Å². The molecule has 0 amide bonds. The van der Waals surface area contributed by atoms with Gasteiger partial charge in [-0.3, -0.25) is 0 Å². The molecule has 4 aromatic rings. The molecule has 0 atom stereocenters. The minimum absolute atomic E-state index is 0.474. The average molecular weight is 346 g/mol. The van der Waals surface area contributed by atoms with Gasteiger partial charge in [0.05, 0.1) is 19.9 Å². The second-order valence-corrected chi connectivity index (χ2v) is 5.81. The Labute approximate surface area is 151 Å². The monoisotopic (exact) mass is 346 g/mol. The molecule has 1 aromatic carbocycles. The van der Waals surface area contributed by atoms with E-state index >= 15 is 0 Å². The number of pyridine rings is 1. The lowest BCUT2D eigenvalue weighted by Crippen LogP contribution is -2.02. The Bertz CT molecular complexity index is 1040. The Morgan fingerprint density at radius 1 is 1.00 bits per heavy atom. The maximum Gasteiger partial charge on any atom is 0.256 e. The number of benzene rings is 1. The molecule has 6 nitrogen and oxygen atoms in total. The largest absolute Gasteiger partial charge is 0.491 e. The topological polar surface area (TPSA) is 61.5 Å². The number of hydrogen-bond acceptors (Lipinski definition) is 5. The first-order valence-electron chi connectivity index (χ1n) is 8.25. The second-order valence-electron chi connectivity index (χ2n) is 5.81. The fraction of sp³-hybridized carbons (Fsp3) is 0.150. The Kier molecular flexibility index (Phi) is 4.23. The lowest BCUT2D eigenvalue weighted by atomic mass is 10.1. The zero-order valence-electron chi connectivity index (χ0n) is 14.6. The number of ether oxygens (including phenoxy) is 2. The number of imidazole rings is 1. The van der Waals surface area contributed by atoms with Crippen molar-refractivity contribution in [2.75, 3.05) is 14.2 Å². The van der Waals surface area contributed by atoms with E-state index in [4.69, 9.17) is 9.47 Å². The summed E-state index contributed by atoms with van der Waals surface area (Å²) in [4.78, 5) is 8.99. The van der Waals surface area contributed by atoms with Crippen molar-refractivity contribution in [3.63, 3.8) is 0 Å². The smallest absolute Gasteiger partial charge is 0.256 e. The van der Waals surface area contributed by atoms with Crippen molar-refractivity contribution in [2.24, 2.45) is 0 Å². The molecule has 3 heterocycles. The van der Waals surface area contributed by atoms with Crippen molar-refractivity contribution in [1.82, 2.24) is 19.6 Å². The van der Waals surface area contributed by atoms with Crippen molar-refractivity contribution in [2.45, 2.75) is 6.42 Å². The molecule has 0 aliphatic heterocycles. The summed E-state index contributed by atoms with van der Waals surface area (Å²) < 4.78 is 12.4. The molecule has 0 radical (unpaired) electrons. The number of hydrogen-bond donors (Lipinski definition) is 0. The van der Waals surface area contributed by atoms with Gasteiger partial charge in [-0.25, -0.2) is 14.5 Å². The van der Waals surface area contributed by atoms with Crippen LogP contribution in [0.3, 0.4) is 0 Å². The van der Waals surface area contributed by atoms with E-state index in [-0.39, 0.29) is 0 Å². The zero-order chi connectivity index (χ0) is 17.9. The van der Waals surface area contributed by atoms with Crippen molar-refractivity contribution in [1.29, 1.82) is 0 Å². The van der Waals surface area contributed by atoms with E-state index in [2.05, 4.69) is 21.1 Å². The lowest BCUT2D eigenvalue weighted by molar-refractivity contribution is 0.342. The minimum Gasteiger partial charge on any atom is -0.491 e. The van der Waals surface area contributed by atoms with Gasteiger partial charge < -0.3 is 9.47 Å². The van der Waals surface area contributed by atoms with Crippen LogP contribution in [0.25, 0.3) is 16.9 Å². The van der Waals surface area contributed by atoms with Gasteiger partial charge in [0.25, 0.3) is 5.88 Å². The van der Waals surface area contributed by atoms with Crippen molar-refractivity contribution in [3.8, 4) is 22.9 Å². The Balaban J connectivity index is 1.77. The predicted molar refractivity (Wildman–Crippen MR) is 98.6 cm³/mol. The van der Waals surface area contributed by atoms with Crippen molar-refractivity contribution in [3.05, 3.63) is 72.2 Å². The molecule has 26 heavy (non-hydrogen) atoms. The van der Waals surface area contributed by atoms with Gasteiger partial charge in [0, 0.05) is 35.6 Å². The maximum atomic E-state index is 5.31. The molecular formula is C20H18N4O2. The highest BCUT2D eigenvalue weighted by atomic mass is 16.5. The fourth-order valence-electron chi connectivity index (χ4n) is 2.92. The van der Waals surface area contributed by atoms with Crippen LogP contribution in [0.15, 0.2) is 60.9 Å². The highest BCUT2D eigenvalue weighted by Crippen LogP contribution is 2.26. The van der Waals surface area contributed by atoms with Crippen LogP contribution in [-0.4, -0.2) is 33.8 Å². The first-order valence-corrected chi connectivity index (χ1v) is 8.25. The molecule has 0 bridgehead atoms. The standard InChI is InChI=1S/C20H18N4O2/c1-25-18-9-8-16(22-20(18)26-2)12-15-13-17(14-6-4-3-5-7-14)23-24-11-10-21-19(15)24/h3-11,13H,12H2,1-2H3. The molecule has 0 unspecified atom stereocenters. The summed E-state index contributed by atoms with van der Waals surface area (Å²) in [5, 5.41) is 4.66. The maximum absolute atomic E-state index is 5.31. The van der Waals surface area contributed by atoms with Gasteiger partial charge in [-0.05, 0) is 18.2 Å². The van der Waals surface area contributed by atoms with Crippen LogP contribution in [0.5, 0.6) is 11.6 Å². The summed E-state index contributed by atoms with van der Waals surface area (Å²) in [5.74, 6) is 1.09. The van der Waals surface area contributed by atoms with Gasteiger partial charge in [-0.15, -0.1) is 0 Å². The number of rotatable bonds is 5. The third kappa shape index (κ3) is 2.97. The SMILES string of the molecule is COc1ccc(Cc2cc(-c3ccccc3)nn3ccnc23)nc1OC. The normalized spacial score (nSPS) is 10.8. The van der Waals surface area contributed by atoms with E-state index in [1.165, 1.54) is 0 Å². The quantitative estimate of drug-likeness (QED) is 0.554. The predicted octanol–water partition coefficient (Wildman–Crippen LogP) is 3.40. The Morgan fingerprint density at radius 3 is 2.62 bits per heavy atom. The van der Waals surface area contributed by atoms with Gasteiger partial charge in [0.2, 0.25) is 0 Å². The number of nitrogens with zero attached hydrogens (tertiary/aromatic N) is 4. The number of fused-ring (bicyclic) bond motifs is 1. The molecule has 6 heteroatoms. The summed E-state index contributed by atoms with van der Waals surface area (Å²) in [5.41, 5.74) is 4.69. The highest BCUT2D eigenvalue weighted by Gasteiger charge is 2.12. The third-order valence-corrected chi connectivity index (χ3v) is 4.17. The van der Waals surface area contributed by atoms with E-state index in [1.807, 2.05) is 48.7 Å². The first kappa shape index (κ1) is 16.1. The van der Waals surface area contributed by atoms with E-state index in [0.717, 1.165) is 28.2 Å². The molecule has 3 aromatic heterocycles. The number of methoxy groups -OCH3 is 2. The number of aromatic nitrogens is 4. The molecule has 0 saturated carbocycles. The molecule has 0 aliphatic carbocycles. The second kappa shape index (κ2) is 6.84. The molecule has 0 fully saturated rings. The van der Waals surface area contributed by atoms with Crippen LogP contribution in [0, 0.1) is 0 Å². The van der Waals surface area contributed by atoms with Gasteiger partial charge >= 0.3 is 0 Å². The Hall–Kier alpha value is -3.41. The molecule has 0 aliphatic rings. The van der Waals surface area contributed by atoms with E-state index < -0.39 is 0 Å². The summed E-state index contributed by atoms with van der Waals surface area (Å²) in [7, 11) is 3.18. The molecular weight excluding hydrogens is 328 g/mol. The zero-order valence-corrected chi connectivity index (χ0v) is 14.6. The van der Waals surface area contributed by atoms with E-state index in [0.29, 0.717) is 18.1 Å². The van der Waals surface area contributed by atoms with Gasteiger partial charge in [0.15, 0.2) is 11.4 Å². The summed E-state index contributed by atoms with van der Waals surface area (Å²) in [6.07, 6.45) is 4.22. The molecule has 130 valence electrons. The molecule has 0 spiro atoms. The Morgan fingerprint density at radius 2 is 1.85 bits per heavy atom. The van der Waals surface area contributed by atoms with E-state index in [9.17, 15) is 0 Å². The lowest BCUT2D eigenvalue weighted by Gasteiger charge is -2.10. The first-order chi connectivity index (χ1) is 12.8. The summed E-state index contributed by atoms with van der Waals surface area (Å²) in [6.45, 7) is 0. The molecule has 0 saturated heterocycles. The van der Waals surface area contributed by atoms with Crippen molar-refractivity contribution >= 4 is 5.65 Å². The summed E-state index contributed by atoms with van der Waals surface area (Å²) in [6, 6.07) is 16.0. The molecule has 4 rings (SSSR count). The fourth-order valence-corrected chi connectivity index (χ4v) is 2.92. The van der Waals surface area contributed by atoms with Crippen LogP contribution in [0.1, 0.15) is 11.3 Å². The summed E-state index contributed by atoms with van der Waals surface area (Å²) >= 11 is 0. The van der Waals surface area contributed by atoms with Gasteiger partial charge in [0.1, 0.15) is 0 Å². The average Bonchev–Trinajstić information content (AvgIpc) is 3.17. The van der Waals surface area contributed by atoms with Crippen LogP contribution in [0.2, 0.25) is 0 Å².